The first kappa shape index (κ1) is 14.3. The monoisotopic (exact) mass is 290 g/mol. The Hall–Kier alpha value is -1.69. The van der Waals surface area contributed by atoms with Gasteiger partial charge in [-0.1, -0.05) is 24.8 Å². The second-order valence-corrected chi connectivity index (χ2v) is 5.20. The number of esters is 1. The number of methoxy groups -OCH3 is 1. The summed E-state index contributed by atoms with van der Waals surface area (Å²) in [5.41, 5.74) is -0.311. The van der Waals surface area contributed by atoms with E-state index in [1.54, 1.807) is 37.5 Å². The fraction of sp³-hybridized carbons (Fsp3) is 0.438. The normalized spacial score (nSPS) is 31.9. The maximum atomic E-state index is 12.2. The molecule has 0 aliphatic carbocycles. The topological polar surface area (TPSA) is 54.0 Å². The van der Waals surface area contributed by atoms with Crippen molar-refractivity contribution in [1.29, 1.82) is 0 Å². The molecule has 112 valence electrons. The van der Waals surface area contributed by atoms with Crippen molar-refractivity contribution < 1.29 is 23.7 Å². The van der Waals surface area contributed by atoms with Gasteiger partial charge in [-0.3, -0.25) is 0 Å². The molecule has 0 amide bonds. The summed E-state index contributed by atoms with van der Waals surface area (Å²) >= 11 is 0. The third-order valence-electron chi connectivity index (χ3n) is 4.05. The minimum absolute atomic E-state index is 0.118. The molecule has 3 rings (SSSR count). The van der Waals surface area contributed by atoms with E-state index < -0.39 is 17.7 Å². The fourth-order valence-electron chi connectivity index (χ4n) is 3.00. The average Bonchev–Trinajstić information content (AvgIpc) is 3.08. The Kier molecular flexibility index (Phi) is 3.80. The van der Waals surface area contributed by atoms with Crippen LogP contribution in [-0.2, 0) is 18.9 Å². The molecule has 2 aliphatic rings. The minimum Gasteiger partial charge on any atom is -0.451 e. The number of fused-ring (bicyclic) bond motifs is 2. The van der Waals surface area contributed by atoms with Crippen molar-refractivity contribution in [3.8, 4) is 0 Å². The molecule has 0 N–H and O–H groups in total. The van der Waals surface area contributed by atoms with Crippen LogP contribution in [0.1, 0.15) is 10.4 Å². The van der Waals surface area contributed by atoms with E-state index in [2.05, 4.69) is 6.58 Å². The Morgan fingerprint density at radius 2 is 2.24 bits per heavy atom. The maximum absolute atomic E-state index is 12.2. The van der Waals surface area contributed by atoms with Gasteiger partial charge in [0.25, 0.3) is 0 Å². The maximum Gasteiger partial charge on any atom is 0.338 e. The van der Waals surface area contributed by atoms with E-state index in [1.165, 1.54) is 0 Å². The number of rotatable bonds is 5. The van der Waals surface area contributed by atoms with Crippen molar-refractivity contribution in [2.45, 2.75) is 23.9 Å². The number of benzene rings is 1. The third kappa shape index (κ3) is 2.27. The molecule has 0 aromatic heterocycles. The van der Waals surface area contributed by atoms with E-state index in [9.17, 15) is 4.79 Å². The number of hydrogen-bond acceptors (Lipinski definition) is 5. The molecule has 5 heteroatoms. The Morgan fingerprint density at radius 3 is 2.81 bits per heavy atom. The van der Waals surface area contributed by atoms with E-state index in [4.69, 9.17) is 18.9 Å². The van der Waals surface area contributed by atoms with Gasteiger partial charge in [-0.25, -0.2) is 4.79 Å². The van der Waals surface area contributed by atoms with Gasteiger partial charge in [0.2, 0.25) is 0 Å². The summed E-state index contributed by atoms with van der Waals surface area (Å²) in [7, 11) is 1.61. The highest BCUT2D eigenvalue weighted by Crippen LogP contribution is 2.41. The lowest BCUT2D eigenvalue weighted by atomic mass is 9.92. The zero-order valence-corrected chi connectivity index (χ0v) is 11.9. The summed E-state index contributed by atoms with van der Waals surface area (Å²) in [6.45, 7) is 4.53. The van der Waals surface area contributed by atoms with Crippen molar-refractivity contribution >= 4 is 5.97 Å². The van der Waals surface area contributed by atoms with Gasteiger partial charge >= 0.3 is 5.97 Å². The van der Waals surface area contributed by atoms with Gasteiger partial charge in [-0.2, -0.15) is 0 Å². The van der Waals surface area contributed by atoms with Gasteiger partial charge in [-0.05, 0) is 18.2 Å². The van der Waals surface area contributed by atoms with Crippen LogP contribution in [0.25, 0.3) is 0 Å². The zero-order valence-electron chi connectivity index (χ0n) is 11.9. The van der Waals surface area contributed by atoms with Crippen LogP contribution in [0.4, 0.5) is 0 Å². The Bertz CT molecular complexity index is 519. The van der Waals surface area contributed by atoms with Crippen LogP contribution in [0.5, 0.6) is 0 Å². The number of ether oxygens (including phenoxy) is 4. The molecule has 4 atom stereocenters. The standard InChI is InChI=1S/C16H18O5/c1-3-13(21-15(17)11-7-5-4-6-8-11)16-10-19-12(9-20-16)14(16)18-2/h3-8,12-14H,1,9-10H2,2H3/t12-,13-,14-,16+/m0/s1. The summed E-state index contributed by atoms with van der Waals surface area (Å²) in [6.07, 6.45) is 0.573. The first-order valence-corrected chi connectivity index (χ1v) is 6.88. The van der Waals surface area contributed by atoms with Crippen LogP contribution >= 0.6 is 0 Å². The van der Waals surface area contributed by atoms with Crippen LogP contribution in [0.3, 0.4) is 0 Å². The Balaban J connectivity index is 1.80. The Morgan fingerprint density at radius 1 is 1.48 bits per heavy atom. The first-order valence-electron chi connectivity index (χ1n) is 6.88. The molecule has 21 heavy (non-hydrogen) atoms. The lowest BCUT2D eigenvalue weighted by Crippen LogP contribution is -2.52. The van der Waals surface area contributed by atoms with E-state index in [0.717, 1.165) is 0 Å². The highest BCUT2D eigenvalue weighted by Gasteiger charge is 2.62. The second-order valence-electron chi connectivity index (χ2n) is 5.20. The molecule has 1 aromatic carbocycles. The van der Waals surface area contributed by atoms with Crippen molar-refractivity contribution in [2.24, 2.45) is 0 Å². The molecule has 1 aromatic rings. The summed E-state index contributed by atoms with van der Waals surface area (Å²) < 4.78 is 22.5. The second kappa shape index (κ2) is 5.60. The quantitative estimate of drug-likeness (QED) is 0.609. The van der Waals surface area contributed by atoms with Gasteiger partial charge in [0.15, 0.2) is 11.7 Å². The molecule has 0 spiro atoms. The summed E-state index contributed by atoms with van der Waals surface area (Å²) in [4.78, 5) is 12.2. The molecule has 2 bridgehead atoms. The lowest BCUT2D eigenvalue weighted by molar-refractivity contribution is -0.148. The molecule has 2 saturated heterocycles. The molecule has 0 saturated carbocycles. The summed E-state index contributed by atoms with van der Waals surface area (Å²) in [5, 5.41) is 0. The zero-order chi connectivity index (χ0) is 14.9. The van der Waals surface area contributed by atoms with Crippen LogP contribution in [0.15, 0.2) is 43.0 Å². The molecular formula is C16H18O5. The van der Waals surface area contributed by atoms with E-state index in [-0.39, 0.29) is 12.2 Å². The van der Waals surface area contributed by atoms with Gasteiger partial charge in [0, 0.05) is 7.11 Å². The van der Waals surface area contributed by atoms with E-state index in [1.807, 2.05) is 6.07 Å². The smallest absolute Gasteiger partial charge is 0.338 e. The van der Waals surface area contributed by atoms with Crippen LogP contribution in [0.2, 0.25) is 0 Å². The SMILES string of the molecule is C=C[C@H](OC(=O)c1ccccc1)[C@@]12CO[C@@H](CO1)[C@@H]2OC. The molecule has 2 fully saturated rings. The molecular weight excluding hydrogens is 272 g/mol. The van der Waals surface area contributed by atoms with Crippen molar-refractivity contribution in [1.82, 2.24) is 0 Å². The number of hydrogen-bond donors (Lipinski definition) is 0. The van der Waals surface area contributed by atoms with E-state index in [0.29, 0.717) is 18.8 Å². The van der Waals surface area contributed by atoms with Crippen molar-refractivity contribution in [2.75, 3.05) is 20.3 Å². The third-order valence-corrected chi connectivity index (χ3v) is 4.05. The molecule has 0 unspecified atom stereocenters. The van der Waals surface area contributed by atoms with Gasteiger partial charge in [0.1, 0.15) is 12.2 Å². The van der Waals surface area contributed by atoms with Crippen LogP contribution in [-0.4, -0.2) is 50.2 Å². The highest BCUT2D eigenvalue weighted by atomic mass is 16.7. The molecule has 2 heterocycles. The largest absolute Gasteiger partial charge is 0.451 e. The van der Waals surface area contributed by atoms with Gasteiger partial charge < -0.3 is 18.9 Å². The predicted molar refractivity (Wildman–Crippen MR) is 75.1 cm³/mol. The summed E-state index contributed by atoms with van der Waals surface area (Å²) in [6, 6.07) is 8.83. The van der Waals surface area contributed by atoms with Crippen LogP contribution < -0.4 is 0 Å². The van der Waals surface area contributed by atoms with Crippen molar-refractivity contribution in [3.63, 3.8) is 0 Å². The highest BCUT2D eigenvalue weighted by molar-refractivity contribution is 5.89. The lowest BCUT2D eigenvalue weighted by Gasteiger charge is -2.34. The van der Waals surface area contributed by atoms with Crippen LogP contribution in [0, 0.1) is 0 Å². The Labute approximate surface area is 123 Å². The van der Waals surface area contributed by atoms with E-state index >= 15 is 0 Å². The number of carbonyl (C=O) groups excluding carboxylic acids is 1. The van der Waals surface area contributed by atoms with Gasteiger partial charge in [0.05, 0.1) is 18.8 Å². The minimum atomic E-state index is -0.800. The average molecular weight is 290 g/mol. The predicted octanol–water partition coefficient (Wildman–Crippen LogP) is 1.58. The first-order chi connectivity index (χ1) is 10.2. The number of carbonyl (C=O) groups is 1. The molecule has 2 aliphatic heterocycles. The van der Waals surface area contributed by atoms with Gasteiger partial charge in [-0.15, -0.1) is 0 Å². The summed E-state index contributed by atoms with van der Waals surface area (Å²) in [5.74, 6) is -0.413. The molecule has 5 nitrogen and oxygen atoms in total. The van der Waals surface area contributed by atoms with Crippen molar-refractivity contribution in [3.05, 3.63) is 48.6 Å². The molecule has 0 radical (unpaired) electrons. The fourth-order valence-corrected chi connectivity index (χ4v) is 3.00.